The number of nitrogens with zero attached hydrogens (tertiary/aromatic N) is 2. The number of likely N-dealkylation sites (tertiary alicyclic amines) is 1. The Morgan fingerprint density at radius 3 is 2.56 bits per heavy atom. The second-order valence-electron chi connectivity index (χ2n) is 8.57. The van der Waals surface area contributed by atoms with Gasteiger partial charge in [-0.2, -0.15) is 0 Å². The normalized spacial score (nSPS) is 24.7. The maximum absolute atomic E-state index is 13.3. The molecular formula is C21H28N2O4. The van der Waals surface area contributed by atoms with Gasteiger partial charge < -0.3 is 9.64 Å². The van der Waals surface area contributed by atoms with E-state index >= 15 is 0 Å². The van der Waals surface area contributed by atoms with Crippen molar-refractivity contribution in [3.8, 4) is 0 Å². The number of anilines is 1. The van der Waals surface area contributed by atoms with Gasteiger partial charge in [-0.25, -0.2) is 9.69 Å². The van der Waals surface area contributed by atoms with Crippen LogP contribution >= 0.6 is 0 Å². The number of carbonyl (C=O) groups is 3. The molecule has 6 nitrogen and oxygen atoms in total. The number of fused-ring (bicyclic) bond motifs is 1. The summed E-state index contributed by atoms with van der Waals surface area (Å²) in [5, 5.41) is 0. The van der Waals surface area contributed by atoms with Gasteiger partial charge in [-0.15, -0.1) is 0 Å². The summed E-state index contributed by atoms with van der Waals surface area (Å²) in [5.74, 6) is -0.917. The zero-order valence-electron chi connectivity index (χ0n) is 16.7. The van der Waals surface area contributed by atoms with Crippen molar-refractivity contribution in [2.75, 3.05) is 11.9 Å². The van der Waals surface area contributed by atoms with Crippen molar-refractivity contribution in [3.05, 3.63) is 29.8 Å². The summed E-state index contributed by atoms with van der Waals surface area (Å²) in [7, 11) is 1.69. The van der Waals surface area contributed by atoms with Gasteiger partial charge in [0.2, 0.25) is 11.8 Å². The van der Waals surface area contributed by atoms with Crippen LogP contribution in [-0.2, 0) is 14.3 Å². The summed E-state index contributed by atoms with van der Waals surface area (Å²) in [5.41, 5.74) is 1.06. The Morgan fingerprint density at radius 1 is 1.22 bits per heavy atom. The monoisotopic (exact) mass is 372 g/mol. The van der Waals surface area contributed by atoms with Crippen LogP contribution in [0.1, 0.15) is 45.6 Å². The molecule has 146 valence electrons. The molecular weight excluding hydrogens is 344 g/mol. The second kappa shape index (κ2) is 6.98. The molecule has 27 heavy (non-hydrogen) atoms. The first-order valence-corrected chi connectivity index (χ1v) is 9.50. The molecule has 3 amide bonds. The Kier molecular flexibility index (Phi) is 5.02. The van der Waals surface area contributed by atoms with Gasteiger partial charge in [0.15, 0.2) is 0 Å². The highest BCUT2D eigenvalue weighted by Crippen LogP contribution is 2.44. The third-order valence-electron chi connectivity index (χ3n) is 5.37. The van der Waals surface area contributed by atoms with Crippen molar-refractivity contribution in [2.45, 2.75) is 58.6 Å². The number of likely N-dealkylation sites (N-methyl/N-ethyl adjacent to an activating group) is 1. The lowest BCUT2D eigenvalue weighted by Gasteiger charge is -2.31. The van der Waals surface area contributed by atoms with E-state index in [9.17, 15) is 14.4 Å². The molecule has 3 unspecified atom stereocenters. The van der Waals surface area contributed by atoms with Gasteiger partial charge in [0.05, 0.1) is 0 Å². The van der Waals surface area contributed by atoms with E-state index < -0.39 is 17.7 Å². The number of aryl methyl sites for hydroxylation is 1. The van der Waals surface area contributed by atoms with E-state index in [1.165, 1.54) is 0 Å². The Bertz CT molecular complexity index is 768. The number of hydrogen-bond acceptors (Lipinski definition) is 4. The van der Waals surface area contributed by atoms with Crippen LogP contribution in [0.2, 0.25) is 0 Å². The third kappa shape index (κ3) is 3.70. The van der Waals surface area contributed by atoms with Gasteiger partial charge in [0, 0.05) is 24.6 Å². The van der Waals surface area contributed by atoms with E-state index in [0.29, 0.717) is 0 Å². The molecule has 6 heteroatoms. The molecule has 1 heterocycles. The molecule has 1 saturated heterocycles. The largest absolute Gasteiger partial charge is 0.443 e. The first kappa shape index (κ1) is 19.4. The van der Waals surface area contributed by atoms with Gasteiger partial charge in [-0.3, -0.25) is 9.59 Å². The van der Waals surface area contributed by atoms with Crippen LogP contribution in [-0.4, -0.2) is 41.5 Å². The smallest absolute Gasteiger partial charge is 0.417 e. The number of imide groups is 1. The Labute approximate surface area is 160 Å². The summed E-state index contributed by atoms with van der Waals surface area (Å²) >= 11 is 0. The number of benzene rings is 1. The average Bonchev–Trinajstić information content (AvgIpc) is 3.14. The molecule has 0 aromatic heterocycles. The molecule has 1 aliphatic carbocycles. The first-order chi connectivity index (χ1) is 12.6. The Morgan fingerprint density at radius 2 is 1.93 bits per heavy atom. The van der Waals surface area contributed by atoms with Crippen molar-refractivity contribution in [1.29, 1.82) is 0 Å². The summed E-state index contributed by atoms with van der Waals surface area (Å²) in [6.45, 7) is 7.22. The van der Waals surface area contributed by atoms with Gasteiger partial charge in [-0.05, 0) is 58.2 Å². The molecule has 2 fully saturated rings. The zero-order chi connectivity index (χ0) is 19.9. The minimum Gasteiger partial charge on any atom is -0.443 e. The topological polar surface area (TPSA) is 66.9 Å². The van der Waals surface area contributed by atoms with Crippen molar-refractivity contribution in [3.63, 3.8) is 0 Å². The molecule has 1 aliphatic heterocycles. The molecule has 3 atom stereocenters. The molecule has 1 aromatic carbocycles. The standard InChI is InChI=1S/C21H28N2O4/c1-13-8-6-9-14(12-13)22(5)19(25)17-15-10-7-11-16(15)18(24)23(17)20(26)27-21(2,3)4/h6,8-9,12,15-17H,7,10-11H2,1-5H3. The number of rotatable bonds is 2. The van der Waals surface area contributed by atoms with E-state index in [0.717, 1.165) is 35.4 Å². The molecule has 0 N–H and O–H groups in total. The summed E-state index contributed by atoms with van der Waals surface area (Å²) in [6, 6.07) is 6.81. The number of amides is 3. The molecule has 0 bridgehead atoms. The highest BCUT2D eigenvalue weighted by Gasteiger charge is 2.56. The lowest BCUT2D eigenvalue weighted by molar-refractivity contribution is -0.135. The predicted octanol–water partition coefficient (Wildman–Crippen LogP) is 3.52. The average molecular weight is 372 g/mol. The zero-order valence-corrected chi connectivity index (χ0v) is 16.7. The van der Waals surface area contributed by atoms with E-state index in [4.69, 9.17) is 4.74 Å². The predicted molar refractivity (Wildman–Crippen MR) is 102 cm³/mol. The van der Waals surface area contributed by atoms with Crippen LogP contribution in [0, 0.1) is 18.8 Å². The Balaban J connectivity index is 1.92. The van der Waals surface area contributed by atoms with Crippen molar-refractivity contribution >= 4 is 23.6 Å². The first-order valence-electron chi connectivity index (χ1n) is 9.50. The number of hydrogen-bond donors (Lipinski definition) is 0. The molecule has 0 spiro atoms. The lowest BCUT2D eigenvalue weighted by Crippen LogP contribution is -2.51. The molecule has 1 saturated carbocycles. The fourth-order valence-corrected chi connectivity index (χ4v) is 4.15. The fourth-order valence-electron chi connectivity index (χ4n) is 4.15. The second-order valence-corrected chi connectivity index (χ2v) is 8.57. The summed E-state index contributed by atoms with van der Waals surface area (Å²) < 4.78 is 5.44. The van der Waals surface area contributed by atoms with E-state index in [1.54, 1.807) is 32.7 Å². The van der Waals surface area contributed by atoms with Gasteiger partial charge >= 0.3 is 6.09 Å². The molecule has 3 rings (SSSR count). The van der Waals surface area contributed by atoms with Crippen molar-refractivity contribution in [2.24, 2.45) is 11.8 Å². The van der Waals surface area contributed by atoms with Crippen LogP contribution in [0.25, 0.3) is 0 Å². The maximum Gasteiger partial charge on any atom is 0.417 e. The van der Waals surface area contributed by atoms with Gasteiger partial charge in [0.1, 0.15) is 11.6 Å². The molecule has 2 aliphatic rings. The molecule has 1 aromatic rings. The van der Waals surface area contributed by atoms with Crippen LogP contribution in [0.3, 0.4) is 0 Å². The summed E-state index contributed by atoms with van der Waals surface area (Å²) in [6.07, 6.45) is 1.67. The maximum atomic E-state index is 13.3. The number of ether oxygens (including phenoxy) is 1. The van der Waals surface area contributed by atoms with Gasteiger partial charge in [0.25, 0.3) is 0 Å². The highest BCUT2D eigenvalue weighted by molar-refractivity contribution is 6.07. The molecule has 0 radical (unpaired) electrons. The fraction of sp³-hybridized carbons (Fsp3) is 0.571. The third-order valence-corrected chi connectivity index (χ3v) is 5.37. The van der Waals surface area contributed by atoms with E-state index in [1.807, 2.05) is 31.2 Å². The SMILES string of the molecule is Cc1cccc(N(C)C(=O)C2C3CCCC3C(=O)N2C(=O)OC(C)(C)C)c1. The Hall–Kier alpha value is -2.37. The summed E-state index contributed by atoms with van der Waals surface area (Å²) in [4.78, 5) is 41.6. The van der Waals surface area contributed by atoms with Crippen molar-refractivity contribution in [1.82, 2.24) is 4.90 Å². The van der Waals surface area contributed by atoms with Crippen LogP contribution in [0.5, 0.6) is 0 Å². The highest BCUT2D eigenvalue weighted by atomic mass is 16.6. The minimum atomic E-state index is -0.801. The van der Waals surface area contributed by atoms with Gasteiger partial charge in [-0.1, -0.05) is 18.6 Å². The van der Waals surface area contributed by atoms with Crippen molar-refractivity contribution < 1.29 is 19.1 Å². The van der Waals surface area contributed by atoms with Crippen LogP contribution < -0.4 is 4.90 Å². The number of carbonyl (C=O) groups excluding carboxylic acids is 3. The van der Waals surface area contributed by atoms with Crippen LogP contribution in [0.4, 0.5) is 10.5 Å². The quantitative estimate of drug-likeness (QED) is 0.797. The van der Waals surface area contributed by atoms with Crippen LogP contribution in [0.15, 0.2) is 24.3 Å². The lowest BCUT2D eigenvalue weighted by atomic mass is 9.93. The minimum absolute atomic E-state index is 0.134. The van der Waals surface area contributed by atoms with E-state index in [-0.39, 0.29) is 23.7 Å². The van der Waals surface area contributed by atoms with E-state index in [2.05, 4.69) is 0 Å².